The van der Waals surface area contributed by atoms with Gasteiger partial charge in [-0.05, 0) is 6.07 Å². The van der Waals surface area contributed by atoms with Crippen LogP contribution in [-0.2, 0) is 12.8 Å². The maximum absolute atomic E-state index is 4.76. The quantitative estimate of drug-likeness (QED) is 0.322. The first kappa shape index (κ1) is 17.6. The molecule has 3 heterocycles. The van der Waals surface area contributed by atoms with E-state index in [9.17, 15) is 0 Å². The smallest absolute Gasteiger partial charge is 0.191 e. The van der Waals surface area contributed by atoms with E-state index in [0.29, 0.717) is 0 Å². The molecule has 4 nitrogen and oxygen atoms in total. The Labute approximate surface area is 174 Å². The molecular formula is C21H16N4S3. The molecule has 0 saturated carbocycles. The van der Waals surface area contributed by atoms with Gasteiger partial charge in [-0.2, -0.15) is 0 Å². The fraction of sp³-hybridized carbons (Fsp3) is 0.0952. The van der Waals surface area contributed by atoms with Gasteiger partial charge in [0.15, 0.2) is 11.0 Å². The lowest BCUT2D eigenvalue weighted by Crippen LogP contribution is -1.94. The maximum Gasteiger partial charge on any atom is 0.191 e. The lowest BCUT2D eigenvalue weighted by molar-refractivity contribution is 0.794. The van der Waals surface area contributed by atoms with E-state index < -0.39 is 0 Å². The third kappa shape index (κ3) is 3.26. The predicted molar refractivity (Wildman–Crippen MR) is 119 cm³/mol. The molecule has 0 radical (unpaired) electrons. The van der Waals surface area contributed by atoms with E-state index in [1.54, 1.807) is 34.4 Å². The van der Waals surface area contributed by atoms with Gasteiger partial charge in [0.1, 0.15) is 5.01 Å². The van der Waals surface area contributed by atoms with Crippen molar-refractivity contribution in [3.05, 3.63) is 71.1 Å². The first-order valence-corrected chi connectivity index (χ1v) is 11.5. The second-order valence-corrected chi connectivity index (χ2v) is 9.02. The van der Waals surface area contributed by atoms with Crippen molar-refractivity contribution in [3.8, 4) is 22.0 Å². The number of thioether (sulfide) groups is 1. The fourth-order valence-corrected chi connectivity index (χ4v) is 5.73. The second kappa shape index (κ2) is 7.50. The van der Waals surface area contributed by atoms with Gasteiger partial charge in [-0.15, -0.1) is 32.9 Å². The Hall–Kier alpha value is -2.48. The van der Waals surface area contributed by atoms with Crippen molar-refractivity contribution < 1.29 is 0 Å². The van der Waals surface area contributed by atoms with Gasteiger partial charge in [-0.1, -0.05) is 60.3 Å². The Bertz CT molecular complexity index is 1240. The molecule has 28 heavy (non-hydrogen) atoms. The average molecular weight is 421 g/mol. The zero-order valence-corrected chi connectivity index (χ0v) is 17.5. The van der Waals surface area contributed by atoms with Crippen LogP contribution in [0.1, 0.15) is 5.69 Å². The van der Waals surface area contributed by atoms with Gasteiger partial charge in [0.2, 0.25) is 0 Å². The standard InChI is InChI=1S/C21H16N4S3/c1-25-19(17-13-26-18-10-6-5-9-16(17)18)23-24-21(25)28-12-15-11-27-20(22-15)14-7-3-2-4-8-14/h2-11,13H,12H2,1H3. The Morgan fingerprint density at radius 1 is 0.929 bits per heavy atom. The van der Waals surface area contributed by atoms with E-state index in [1.807, 2.05) is 25.2 Å². The van der Waals surface area contributed by atoms with Gasteiger partial charge < -0.3 is 4.57 Å². The molecule has 0 fully saturated rings. The molecule has 0 saturated heterocycles. The second-order valence-electron chi connectivity index (χ2n) is 6.31. The maximum atomic E-state index is 4.76. The highest BCUT2D eigenvalue weighted by atomic mass is 32.2. The molecule has 5 aromatic rings. The Morgan fingerprint density at radius 2 is 1.75 bits per heavy atom. The van der Waals surface area contributed by atoms with Crippen molar-refractivity contribution in [1.29, 1.82) is 0 Å². The zero-order valence-electron chi connectivity index (χ0n) is 15.1. The number of hydrogen-bond acceptors (Lipinski definition) is 6. The van der Waals surface area contributed by atoms with Crippen LogP contribution >= 0.6 is 34.4 Å². The van der Waals surface area contributed by atoms with Gasteiger partial charge in [0, 0.05) is 44.8 Å². The van der Waals surface area contributed by atoms with Crippen LogP contribution in [0.2, 0.25) is 0 Å². The van der Waals surface area contributed by atoms with Gasteiger partial charge >= 0.3 is 0 Å². The first-order valence-electron chi connectivity index (χ1n) is 8.78. The summed E-state index contributed by atoms with van der Waals surface area (Å²) in [5.74, 6) is 1.68. The third-order valence-corrected chi connectivity index (χ3v) is 7.44. The summed E-state index contributed by atoms with van der Waals surface area (Å²) in [7, 11) is 2.03. The van der Waals surface area contributed by atoms with Crippen molar-refractivity contribution in [2.45, 2.75) is 10.9 Å². The number of rotatable bonds is 5. The Kier molecular flexibility index (Phi) is 4.72. The fourth-order valence-electron chi connectivity index (χ4n) is 3.05. The normalized spacial score (nSPS) is 11.3. The molecule has 3 aromatic heterocycles. The number of benzene rings is 2. The largest absolute Gasteiger partial charge is 0.305 e. The van der Waals surface area contributed by atoms with Crippen LogP contribution in [0.5, 0.6) is 0 Å². The number of thiazole rings is 1. The summed E-state index contributed by atoms with van der Waals surface area (Å²) < 4.78 is 3.34. The summed E-state index contributed by atoms with van der Waals surface area (Å²) in [6, 6.07) is 18.7. The molecule has 0 bridgehead atoms. The van der Waals surface area contributed by atoms with Crippen LogP contribution in [0.3, 0.4) is 0 Å². The molecule has 0 unspecified atom stereocenters. The summed E-state index contributed by atoms with van der Waals surface area (Å²) in [6.07, 6.45) is 0. The zero-order chi connectivity index (χ0) is 18.9. The molecule has 0 spiro atoms. The SMILES string of the molecule is Cn1c(SCc2csc(-c3ccccc3)n2)nnc1-c1csc2ccccc12. The minimum atomic E-state index is 0.777. The topological polar surface area (TPSA) is 43.6 Å². The lowest BCUT2D eigenvalue weighted by atomic mass is 10.2. The highest BCUT2D eigenvalue weighted by molar-refractivity contribution is 7.98. The molecule has 0 aliphatic carbocycles. The minimum Gasteiger partial charge on any atom is -0.305 e. The number of hydrogen-bond donors (Lipinski definition) is 0. The van der Waals surface area contributed by atoms with Crippen LogP contribution in [0.4, 0.5) is 0 Å². The summed E-state index contributed by atoms with van der Waals surface area (Å²) in [5, 5.41) is 16.3. The molecule has 0 amide bonds. The van der Waals surface area contributed by atoms with Crippen LogP contribution in [0.15, 0.2) is 70.5 Å². The number of thiophene rings is 1. The van der Waals surface area contributed by atoms with Gasteiger partial charge in [0.05, 0.1) is 5.69 Å². The van der Waals surface area contributed by atoms with Crippen LogP contribution in [0, 0.1) is 0 Å². The highest BCUT2D eigenvalue weighted by Crippen LogP contribution is 2.34. The van der Waals surface area contributed by atoms with E-state index in [4.69, 9.17) is 4.98 Å². The number of aromatic nitrogens is 4. The molecular weight excluding hydrogens is 404 g/mol. The van der Waals surface area contributed by atoms with Crippen molar-refractivity contribution in [1.82, 2.24) is 19.7 Å². The van der Waals surface area contributed by atoms with Gasteiger partial charge in [-0.25, -0.2) is 4.98 Å². The van der Waals surface area contributed by atoms with Gasteiger partial charge in [0.25, 0.3) is 0 Å². The average Bonchev–Trinajstić information content (AvgIpc) is 3.46. The Morgan fingerprint density at radius 3 is 2.64 bits per heavy atom. The minimum absolute atomic E-state index is 0.777. The number of fused-ring (bicyclic) bond motifs is 1. The summed E-state index contributed by atoms with van der Waals surface area (Å²) in [4.78, 5) is 4.76. The van der Waals surface area contributed by atoms with Crippen molar-refractivity contribution >= 4 is 44.5 Å². The first-order chi connectivity index (χ1) is 13.8. The lowest BCUT2D eigenvalue weighted by Gasteiger charge is -2.02. The molecule has 0 aliphatic heterocycles. The van der Waals surface area contributed by atoms with Crippen molar-refractivity contribution in [2.24, 2.45) is 7.05 Å². The van der Waals surface area contributed by atoms with Gasteiger partial charge in [-0.3, -0.25) is 0 Å². The molecule has 7 heteroatoms. The predicted octanol–water partition coefficient (Wildman–Crippen LogP) is 6.11. The van der Waals surface area contributed by atoms with E-state index in [-0.39, 0.29) is 0 Å². The van der Waals surface area contributed by atoms with E-state index in [2.05, 4.69) is 61.9 Å². The summed E-state index contributed by atoms with van der Waals surface area (Å²) in [6.45, 7) is 0. The molecule has 2 aromatic carbocycles. The molecule has 0 N–H and O–H groups in total. The summed E-state index contributed by atoms with van der Waals surface area (Å²) in [5.41, 5.74) is 3.37. The van der Waals surface area contributed by atoms with E-state index in [1.165, 1.54) is 10.1 Å². The van der Waals surface area contributed by atoms with E-state index >= 15 is 0 Å². The van der Waals surface area contributed by atoms with Crippen LogP contribution < -0.4 is 0 Å². The van der Waals surface area contributed by atoms with Crippen molar-refractivity contribution in [3.63, 3.8) is 0 Å². The third-order valence-electron chi connectivity index (χ3n) is 4.48. The summed E-state index contributed by atoms with van der Waals surface area (Å²) >= 11 is 5.09. The monoisotopic (exact) mass is 420 g/mol. The number of nitrogens with zero attached hydrogens (tertiary/aromatic N) is 4. The molecule has 138 valence electrons. The molecule has 0 aliphatic rings. The Balaban J connectivity index is 1.36. The van der Waals surface area contributed by atoms with Crippen LogP contribution in [-0.4, -0.2) is 19.7 Å². The highest BCUT2D eigenvalue weighted by Gasteiger charge is 2.15. The van der Waals surface area contributed by atoms with Crippen molar-refractivity contribution in [2.75, 3.05) is 0 Å². The molecule has 5 rings (SSSR count). The van der Waals surface area contributed by atoms with Crippen LogP contribution in [0.25, 0.3) is 32.0 Å². The van der Waals surface area contributed by atoms with E-state index in [0.717, 1.165) is 38.6 Å². The molecule has 0 atom stereocenters.